The van der Waals surface area contributed by atoms with Crippen molar-refractivity contribution in [2.45, 2.75) is 90.2 Å². The number of hydrogen-bond donors (Lipinski definition) is 1. The average Bonchev–Trinajstić information content (AvgIpc) is 3.38. The Kier molecular flexibility index (Phi) is 6.65. The number of aromatic nitrogens is 2. The third-order valence-electron chi connectivity index (χ3n) is 7.34. The molecule has 10 heteroatoms. The van der Waals surface area contributed by atoms with Gasteiger partial charge in [0.2, 0.25) is 0 Å². The molecule has 1 amide bonds. The minimum Gasteiger partial charge on any atom is -0.465 e. The Morgan fingerprint density at radius 2 is 1.91 bits per heavy atom. The number of imidazole rings is 1. The molecule has 2 aliphatic rings. The summed E-state index contributed by atoms with van der Waals surface area (Å²) < 4.78 is 20.7. The largest absolute Gasteiger partial charge is 0.494 e. The van der Waals surface area contributed by atoms with Crippen LogP contribution in [0.5, 0.6) is 0 Å². The van der Waals surface area contributed by atoms with Crippen molar-refractivity contribution in [3.05, 3.63) is 24.0 Å². The van der Waals surface area contributed by atoms with Crippen LogP contribution in [0.4, 0.5) is 4.79 Å². The Labute approximate surface area is 203 Å². The molecule has 2 aromatic rings. The van der Waals surface area contributed by atoms with Gasteiger partial charge >= 0.3 is 13.2 Å². The molecule has 0 bridgehead atoms. The van der Waals surface area contributed by atoms with Crippen molar-refractivity contribution in [1.29, 1.82) is 0 Å². The molecule has 3 heterocycles. The maximum absolute atomic E-state index is 11.9. The molecule has 34 heavy (non-hydrogen) atoms. The van der Waals surface area contributed by atoms with Gasteiger partial charge in [-0.3, -0.25) is 4.90 Å². The third kappa shape index (κ3) is 4.91. The first-order valence-corrected chi connectivity index (χ1v) is 15.9. The van der Waals surface area contributed by atoms with E-state index in [1.54, 1.807) is 0 Å². The van der Waals surface area contributed by atoms with Crippen LogP contribution in [0, 0.1) is 0 Å². The minimum absolute atomic E-state index is 0.272. The Balaban J connectivity index is 1.69. The molecule has 1 N–H and O–H groups in total. The molecule has 0 radical (unpaired) electrons. The highest BCUT2D eigenvalue weighted by molar-refractivity contribution is 6.76. The van der Waals surface area contributed by atoms with Gasteiger partial charge in [-0.2, -0.15) is 0 Å². The molecule has 2 saturated heterocycles. The fourth-order valence-corrected chi connectivity index (χ4v) is 5.23. The number of carbonyl (C=O) groups is 1. The molecule has 0 saturated carbocycles. The monoisotopic (exact) mass is 487 g/mol. The number of rotatable bonds is 7. The van der Waals surface area contributed by atoms with E-state index in [-0.39, 0.29) is 6.04 Å². The third-order valence-corrected chi connectivity index (χ3v) is 9.04. The van der Waals surface area contributed by atoms with E-state index in [1.165, 1.54) is 4.90 Å². The van der Waals surface area contributed by atoms with Gasteiger partial charge in [-0.05, 0) is 64.2 Å². The summed E-state index contributed by atoms with van der Waals surface area (Å²) in [7, 11) is -1.70. The van der Waals surface area contributed by atoms with Gasteiger partial charge in [0.05, 0.1) is 28.3 Å². The van der Waals surface area contributed by atoms with Crippen molar-refractivity contribution in [3.8, 4) is 0 Å². The lowest BCUT2D eigenvalue weighted by molar-refractivity contribution is 0.00578. The van der Waals surface area contributed by atoms with Crippen LogP contribution in [-0.4, -0.2) is 65.2 Å². The molecule has 1 aromatic carbocycles. The van der Waals surface area contributed by atoms with Gasteiger partial charge in [0.15, 0.2) is 0 Å². The first-order chi connectivity index (χ1) is 15.8. The lowest BCUT2D eigenvalue weighted by atomic mass is 9.79. The zero-order valence-corrected chi connectivity index (χ0v) is 22.6. The van der Waals surface area contributed by atoms with Crippen LogP contribution < -0.4 is 5.46 Å². The lowest BCUT2D eigenvalue weighted by Gasteiger charge is -2.32. The molecular formula is C24H38BN3O5Si. The standard InChI is InChI=1S/C24H38BN3O5Si/c1-23(2)24(3,4)33-25(32-23)17-10-11-18-20(15-17)28(16-31-13-14-34(5,6)7)21(26-18)19-9-8-12-27(19)22(29)30/h10-11,15,19H,8-9,12-14,16H2,1-7H3,(H,29,30). The SMILES string of the molecule is CC1(C)OB(c2ccc3nc(C4CCCN4C(=O)O)n(COCC[Si](C)(C)C)c3c2)OC1(C)C. The van der Waals surface area contributed by atoms with Gasteiger partial charge in [0, 0.05) is 21.2 Å². The van der Waals surface area contributed by atoms with E-state index in [4.69, 9.17) is 19.0 Å². The number of carboxylic acid groups (broad SMARTS) is 1. The van der Waals surface area contributed by atoms with Crippen LogP contribution in [0.3, 0.4) is 0 Å². The Hall–Kier alpha value is -1.88. The number of hydrogen-bond acceptors (Lipinski definition) is 5. The molecular weight excluding hydrogens is 449 g/mol. The summed E-state index contributed by atoms with van der Waals surface area (Å²) in [4.78, 5) is 18.2. The fraction of sp³-hybridized carbons (Fsp3) is 0.667. The Morgan fingerprint density at radius 3 is 2.53 bits per heavy atom. The van der Waals surface area contributed by atoms with Gasteiger partial charge in [-0.15, -0.1) is 0 Å². The number of fused-ring (bicyclic) bond motifs is 1. The van der Waals surface area contributed by atoms with Crippen LogP contribution in [0.2, 0.25) is 25.7 Å². The van der Waals surface area contributed by atoms with Crippen molar-refractivity contribution in [2.75, 3.05) is 13.2 Å². The van der Waals surface area contributed by atoms with Crippen LogP contribution in [0.25, 0.3) is 11.0 Å². The minimum atomic E-state index is -1.22. The second-order valence-corrected chi connectivity index (χ2v) is 17.3. The van der Waals surface area contributed by atoms with Gasteiger partial charge in [-0.1, -0.05) is 25.7 Å². The van der Waals surface area contributed by atoms with E-state index in [0.29, 0.717) is 19.9 Å². The summed E-state index contributed by atoms with van der Waals surface area (Å²) in [6.45, 7) is 16.7. The molecule has 1 unspecified atom stereocenters. The van der Waals surface area contributed by atoms with Gasteiger partial charge in [0.1, 0.15) is 12.6 Å². The van der Waals surface area contributed by atoms with Crippen LogP contribution in [0.1, 0.15) is 52.4 Å². The summed E-state index contributed by atoms with van der Waals surface area (Å²) in [6, 6.07) is 6.80. The highest BCUT2D eigenvalue weighted by atomic mass is 28.3. The maximum atomic E-state index is 11.9. The number of nitrogens with zero attached hydrogens (tertiary/aromatic N) is 3. The van der Waals surface area contributed by atoms with E-state index in [0.717, 1.165) is 41.2 Å². The Morgan fingerprint density at radius 1 is 1.24 bits per heavy atom. The lowest BCUT2D eigenvalue weighted by Crippen LogP contribution is -2.41. The van der Waals surface area contributed by atoms with Gasteiger partial charge < -0.3 is 23.7 Å². The quantitative estimate of drug-likeness (QED) is 0.459. The summed E-state index contributed by atoms with van der Waals surface area (Å²) in [5, 5.41) is 9.73. The second kappa shape index (κ2) is 8.97. The van der Waals surface area contributed by atoms with Crippen molar-refractivity contribution in [3.63, 3.8) is 0 Å². The van der Waals surface area contributed by atoms with E-state index in [2.05, 4.69) is 25.7 Å². The highest BCUT2D eigenvalue weighted by Crippen LogP contribution is 2.37. The number of benzene rings is 1. The van der Waals surface area contributed by atoms with Crippen LogP contribution in [0.15, 0.2) is 18.2 Å². The average molecular weight is 487 g/mol. The molecule has 4 rings (SSSR count). The smallest absolute Gasteiger partial charge is 0.465 e. The zero-order valence-electron chi connectivity index (χ0n) is 21.6. The fourth-order valence-electron chi connectivity index (χ4n) is 4.47. The molecule has 2 fully saturated rings. The van der Waals surface area contributed by atoms with Gasteiger partial charge in [0.25, 0.3) is 0 Å². The van der Waals surface area contributed by atoms with Crippen molar-refractivity contribution in [2.24, 2.45) is 0 Å². The molecule has 1 aromatic heterocycles. The van der Waals surface area contributed by atoms with E-state index < -0.39 is 32.5 Å². The summed E-state index contributed by atoms with van der Waals surface area (Å²) in [5.74, 6) is 0.744. The molecule has 186 valence electrons. The maximum Gasteiger partial charge on any atom is 0.494 e. The molecule has 0 spiro atoms. The molecule has 2 aliphatic heterocycles. The first kappa shape index (κ1) is 25.2. The van der Waals surface area contributed by atoms with Crippen LogP contribution in [-0.2, 0) is 20.8 Å². The van der Waals surface area contributed by atoms with Gasteiger partial charge in [-0.25, -0.2) is 9.78 Å². The van der Waals surface area contributed by atoms with Crippen molar-refractivity contribution < 1.29 is 23.9 Å². The second-order valence-electron chi connectivity index (χ2n) is 11.7. The van der Waals surface area contributed by atoms with E-state index in [1.807, 2.05) is 44.4 Å². The summed E-state index contributed by atoms with van der Waals surface area (Å²) in [5.41, 5.74) is 1.80. The van der Waals surface area contributed by atoms with Crippen molar-refractivity contribution >= 4 is 37.8 Å². The number of amides is 1. The predicted octanol–water partition coefficient (Wildman–Crippen LogP) is 4.46. The normalized spacial score (nSPS) is 22.1. The van der Waals surface area contributed by atoms with E-state index in [9.17, 15) is 9.90 Å². The van der Waals surface area contributed by atoms with E-state index >= 15 is 0 Å². The highest BCUT2D eigenvalue weighted by Gasteiger charge is 2.51. The Bertz CT molecular complexity index is 1050. The predicted molar refractivity (Wildman–Crippen MR) is 136 cm³/mol. The summed E-state index contributed by atoms with van der Waals surface area (Å²) in [6.07, 6.45) is 0.684. The molecule has 8 nitrogen and oxygen atoms in total. The molecule has 0 aliphatic carbocycles. The molecule has 1 atom stereocenters. The zero-order chi connectivity index (χ0) is 24.9. The number of ether oxygens (including phenoxy) is 1. The van der Waals surface area contributed by atoms with Crippen molar-refractivity contribution in [1.82, 2.24) is 14.5 Å². The van der Waals surface area contributed by atoms with Crippen LogP contribution >= 0.6 is 0 Å². The number of likely N-dealkylation sites (tertiary alicyclic amines) is 1. The first-order valence-electron chi connectivity index (χ1n) is 12.2. The summed E-state index contributed by atoms with van der Waals surface area (Å²) >= 11 is 0. The topological polar surface area (TPSA) is 86.1 Å².